The molecule has 1 unspecified atom stereocenters. The Morgan fingerprint density at radius 2 is 1.95 bits per heavy atom. The monoisotopic (exact) mass is 680 g/mol. The average molecular weight is 682 g/mol. The summed E-state index contributed by atoms with van der Waals surface area (Å²) in [6.45, 7) is 0.883. The Balaban J connectivity index is 1.33. The van der Waals surface area contributed by atoms with Crippen LogP contribution in [-0.2, 0) is 14.8 Å². The zero-order chi connectivity index (χ0) is 30.1. The van der Waals surface area contributed by atoms with Gasteiger partial charge in [0.05, 0.1) is 38.4 Å². The molecule has 1 atom stereocenters. The lowest BCUT2D eigenvalue weighted by Crippen LogP contribution is -2.34. The van der Waals surface area contributed by atoms with Gasteiger partial charge in [-0.05, 0) is 67.4 Å². The molecular weight excluding hydrogens is 656 g/mol. The van der Waals surface area contributed by atoms with Gasteiger partial charge in [0.15, 0.2) is 0 Å². The van der Waals surface area contributed by atoms with E-state index in [1.54, 1.807) is 24.3 Å². The summed E-state index contributed by atoms with van der Waals surface area (Å²) in [4.78, 5) is 31.5. The Morgan fingerprint density at radius 1 is 1.16 bits per heavy atom. The van der Waals surface area contributed by atoms with E-state index in [9.17, 15) is 18.0 Å². The van der Waals surface area contributed by atoms with Crippen molar-refractivity contribution in [3.63, 3.8) is 0 Å². The number of rotatable bonds is 8. The number of halogens is 1. The van der Waals surface area contributed by atoms with Crippen molar-refractivity contribution in [3.05, 3.63) is 98.8 Å². The highest BCUT2D eigenvalue weighted by molar-refractivity contribution is 9.10. The molecule has 3 aromatic carbocycles. The third-order valence-electron chi connectivity index (χ3n) is 7.03. The first-order valence-electron chi connectivity index (χ1n) is 13.3. The van der Waals surface area contributed by atoms with Crippen molar-refractivity contribution in [1.29, 1.82) is 0 Å². The van der Waals surface area contributed by atoms with Crippen LogP contribution < -0.4 is 10.4 Å². The zero-order valence-corrected chi connectivity index (χ0v) is 26.1. The molecule has 0 saturated carbocycles. The number of hydrogen-bond acceptors (Lipinski definition) is 9. The van der Waals surface area contributed by atoms with Crippen LogP contribution in [0.5, 0.6) is 0 Å². The van der Waals surface area contributed by atoms with Crippen molar-refractivity contribution >= 4 is 75.7 Å². The summed E-state index contributed by atoms with van der Waals surface area (Å²) in [5.41, 5.74) is 1.13. The molecule has 1 amide bonds. The Bertz CT molecular complexity index is 2020. The van der Waals surface area contributed by atoms with Crippen LogP contribution >= 0.6 is 27.3 Å². The highest BCUT2D eigenvalue weighted by atomic mass is 79.9. The summed E-state index contributed by atoms with van der Waals surface area (Å²) < 4.78 is 40.5. The molecule has 2 aromatic heterocycles. The lowest BCUT2D eigenvalue weighted by atomic mass is 10.2. The number of carbonyl (C=O) groups is 1. The molecule has 10 nitrogen and oxygen atoms in total. The topological polar surface area (TPSA) is 122 Å². The number of nitrogens with zero attached hydrogens (tertiary/aromatic N) is 4. The summed E-state index contributed by atoms with van der Waals surface area (Å²) in [5.74, 6) is -0.559. The molecular formula is C30H25BrN4O6S2. The molecule has 0 spiro atoms. The van der Waals surface area contributed by atoms with Gasteiger partial charge in [0, 0.05) is 30.2 Å². The Morgan fingerprint density at radius 3 is 2.72 bits per heavy atom. The van der Waals surface area contributed by atoms with Crippen molar-refractivity contribution in [2.45, 2.75) is 23.8 Å². The number of carbonyl (C=O) groups excluding carboxylic acids is 1. The number of fused-ring (bicyclic) bond motifs is 2. The van der Waals surface area contributed by atoms with Crippen LogP contribution in [0.2, 0.25) is 0 Å². The van der Waals surface area contributed by atoms with Crippen LogP contribution in [0.1, 0.15) is 28.8 Å². The van der Waals surface area contributed by atoms with E-state index in [2.05, 4.69) is 26.0 Å². The molecule has 1 saturated heterocycles. The number of hydrogen-bond donors (Lipinski definition) is 0. The number of hydrazone groups is 1. The number of thiazole rings is 1. The minimum Gasteiger partial charge on any atom is -0.463 e. The van der Waals surface area contributed by atoms with Crippen molar-refractivity contribution in [2.24, 2.45) is 5.10 Å². The van der Waals surface area contributed by atoms with Crippen molar-refractivity contribution < 1.29 is 22.4 Å². The van der Waals surface area contributed by atoms with Gasteiger partial charge in [-0.2, -0.15) is 14.4 Å². The molecule has 5 aromatic rings. The van der Waals surface area contributed by atoms with Crippen molar-refractivity contribution in [3.8, 4) is 0 Å². The highest BCUT2D eigenvalue weighted by Gasteiger charge is 2.27. The lowest BCUT2D eigenvalue weighted by Gasteiger charge is -2.20. The van der Waals surface area contributed by atoms with Crippen LogP contribution in [0, 0.1) is 0 Å². The van der Waals surface area contributed by atoms with Gasteiger partial charge < -0.3 is 9.15 Å². The average Bonchev–Trinajstić information content (AvgIpc) is 3.68. The number of likely N-dealkylation sites (N-methyl/N-ethyl adjacent to an activating group) is 1. The highest BCUT2D eigenvalue weighted by Crippen LogP contribution is 2.32. The van der Waals surface area contributed by atoms with E-state index in [0.717, 1.165) is 27.0 Å². The van der Waals surface area contributed by atoms with Gasteiger partial charge in [-0.15, -0.1) is 0 Å². The smallest absolute Gasteiger partial charge is 0.280 e. The van der Waals surface area contributed by atoms with E-state index in [1.165, 1.54) is 59.4 Å². The molecule has 6 rings (SSSR count). The summed E-state index contributed by atoms with van der Waals surface area (Å²) in [6.07, 6.45) is 4.14. The molecule has 43 heavy (non-hydrogen) atoms. The standard InChI is InChI=1S/C30H25BrN4O6S2/c1-34(17-22-5-4-14-40-22)43(38,39)23-11-8-19(9-12-23)29(37)35(30-33-25-13-10-21(31)15-27(25)42-30)32-16-20-18-41-26-7-3-2-6-24(26)28(20)36/h2-3,6-13,15-16,18,22H,4-5,14,17H2,1H3/b32-16+. The zero-order valence-electron chi connectivity index (χ0n) is 22.8. The van der Waals surface area contributed by atoms with Gasteiger partial charge in [0.25, 0.3) is 5.91 Å². The Hall–Kier alpha value is -3.75. The SMILES string of the molecule is CN(CC1CCCO1)S(=O)(=O)c1ccc(C(=O)N(/N=C/c2coc3ccccc3c2=O)c2nc3ccc(Br)cc3s2)cc1. The number of aromatic nitrogens is 1. The van der Waals surface area contributed by atoms with Crippen LogP contribution in [0.15, 0.2) is 96.7 Å². The van der Waals surface area contributed by atoms with Crippen LogP contribution in [-0.4, -0.2) is 56.1 Å². The first-order valence-corrected chi connectivity index (χ1v) is 16.4. The second-order valence-electron chi connectivity index (χ2n) is 9.93. The second kappa shape index (κ2) is 12.1. The third kappa shape index (κ3) is 6.04. The quantitative estimate of drug-likeness (QED) is 0.153. The number of para-hydroxylation sites is 1. The number of sulfonamides is 1. The van der Waals surface area contributed by atoms with E-state index < -0.39 is 15.9 Å². The van der Waals surface area contributed by atoms with Crippen LogP contribution in [0.25, 0.3) is 21.2 Å². The summed E-state index contributed by atoms with van der Waals surface area (Å²) >= 11 is 4.70. The molecule has 0 N–H and O–H groups in total. The van der Waals surface area contributed by atoms with E-state index in [1.807, 2.05) is 18.2 Å². The lowest BCUT2D eigenvalue weighted by molar-refractivity contribution is 0.0978. The predicted octanol–water partition coefficient (Wildman–Crippen LogP) is 5.65. The number of benzene rings is 3. The maximum Gasteiger partial charge on any atom is 0.280 e. The van der Waals surface area contributed by atoms with E-state index >= 15 is 0 Å². The van der Waals surface area contributed by atoms with Crippen molar-refractivity contribution in [2.75, 3.05) is 25.2 Å². The van der Waals surface area contributed by atoms with E-state index in [4.69, 9.17) is 9.15 Å². The first kappa shape index (κ1) is 29.3. The maximum atomic E-state index is 13.8. The van der Waals surface area contributed by atoms with Crippen LogP contribution in [0.3, 0.4) is 0 Å². The first-order chi connectivity index (χ1) is 20.7. The summed E-state index contributed by atoms with van der Waals surface area (Å²) in [5, 5.41) is 6.13. The molecule has 0 aliphatic carbocycles. The maximum absolute atomic E-state index is 13.8. The molecule has 1 aliphatic rings. The molecule has 0 radical (unpaired) electrons. The van der Waals surface area contributed by atoms with E-state index in [-0.39, 0.29) is 39.2 Å². The molecule has 3 heterocycles. The fourth-order valence-electron chi connectivity index (χ4n) is 4.71. The number of ether oxygens (including phenoxy) is 1. The minimum atomic E-state index is -3.79. The fraction of sp³-hybridized carbons (Fsp3) is 0.200. The summed E-state index contributed by atoms with van der Waals surface area (Å²) in [6, 6.07) is 18.0. The molecule has 220 valence electrons. The molecule has 1 fully saturated rings. The second-order valence-corrected chi connectivity index (χ2v) is 13.9. The van der Waals surface area contributed by atoms with Crippen LogP contribution in [0.4, 0.5) is 5.13 Å². The molecule has 0 bridgehead atoms. The molecule has 13 heteroatoms. The predicted molar refractivity (Wildman–Crippen MR) is 169 cm³/mol. The van der Waals surface area contributed by atoms with Gasteiger partial charge >= 0.3 is 0 Å². The van der Waals surface area contributed by atoms with Gasteiger partial charge in [0.2, 0.25) is 20.6 Å². The van der Waals surface area contributed by atoms with E-state index in [0.29, 0.717) is 23.1 Å². The number of amides is 1. The largest absolute Gasteiger partial charge is 0.463 e. The Kier molecular flexibility index (Phi) is 8.25. The fourth-order valence-corrected chi connectivity index (χ4v) is 7.39. The molecule has 1 aliphatic heterocycles. The number of anilines is 1. The minimum absolute atomic E-state index is 0.0539. The normalized spacial score (nSPS) is 15.7. The Labute approximate surface area is 259 Å². The van der Waals surface area contributed by atoms with Gasteiger partial charge in [-0.25, -0.2) is 13.4 Å². The summed E-state index contributed by atoms with van der Waals surface area (Å²) in [7, 11) is -2.28. The van der Waals surface area contributed by atoms with Gasteiger partial charge in [-0.3, -0.25) is 9.59 Å². The van der Waals surface area contributed by atoms with Crippen molar-refractivity contribution in [1.82, 2.24) is 9.29 Å². The van der Waals surface area contributed by atoms with Gasteiger partial charge in [-0.1, -0.05) is 39.4 Å². The van der Waals surface area contributed by atoms with Gasteiger partial charge in [0.1, 0.15) is 11.8 Å². The third-order valence-corrected chi connectivity index (χ3v) is 10.4.